The predicted molar refractivity (Wildman–Crippen MR) is 112 cm³/mol. The summed E-state index contributed by atoms with van der Waals surface area (Å²) in [6.45, 7) is 6.24. The van der Waals surface area contributed by atoms with Crippen molar-refractivity contribution < 1.29 is 4.79 Å². The fourth-order valence-electron chi connectivity index (χ4n) is 3.59. The second-order valence-corrected chi connectivity index (χ2v) is 8.19. The smallest absolute Gasteiger partial charge is 0.252 e. The molecule has 0 unspecified atom stereocenters. The molecule has 2 aromatic heterocycles. The van der Waals surface area contributed by atoms with Gasteiger partial charge in [-0.3, -0.25) is 4.79 Å². The summed E-state index contributed by atoms with van der Waals surface area (Å²) in [5.41, 5.74) is 3.84. The number of carbonyl (C=O) groups is 1. The van der Waals surface area contributed by atoms with Gasteiger partial charge in [-0.05, 0) is 58.1 Å². The first kappa shape index (κ1) is 18.7. The highest BCUT2D eigenvalue weighted by Crippen LogP contribution is 2.40. The third-order valence-corrected chi connectivity index (χ3v) is 5.40. The van der Waals surface area contributed by atoms with E-state index < -0.39 is 0 Å². The molecule has 4 rings (SSSR count). The zero-order valence-corrected chi connectivity index (χ0v) is 16.9. The molecule has 3 aromatic rings. The highest BCUT2D eigenvalue weighted by molar-refractivity contribution is 6.05. The molecule has 1 saturated carbocycles. The fraction of sp³-hybridized carbons (Fsp3) is 0.435. The van der Waals surface area contributed by atoms with Crippen molar-refractivity contribution >= 4 is 16.9 Å². The lowest BCUT2D eigenvalue weighted by Gasteiger charge is -2.15. The zero-order chi connectivity index (χ0) is 19.7. The van der Waals surface area contributed by atoms with Gasteiger partial charge in [0, 0.05) is 23.7 Å². The van der Waals surface area contributed by atoms with Crippen molar-refractivity contribution in [1.29, 1.82) is 0 Å². The quantitative estimate of drug-likeness (QED) is 0.653. The Morgan fingerprint density at radius 3 is 2.64 bits per heavy atom. The van der Waals surface area contributed by atoms with Crippen molar-refractivity contribution in [3.63, 3.8) is 0 Å². The van der Waals surface area contributed by atoms with Gasteiger partial charge in [-0.2, -0.15) is 5.10 Å². The van der Waals surface area contributed by atoms with Crippen LogP contribution in [0.3, 0.4) is 0 Å². The van der Waals surface area contributed by atoms with Gasteiger partial charge in [0.25, 0.3) is 5.91 Å². The number of aromatic nitrogens is 3. The molecule has 0 saturated heterocycles. The Morgan fingerprint density at radius 2 is 1.96 bits per heavy atom. The molecule has 0 aliphatic heterocycles. The molecule has 5 nitrogen and oxygen atoms in total. The lowest BCUT2D eigenvalue weighted by atomic mass is 10.0. The third kappa shape index (κ3) is 3.93. The van der Waals surface area contributed by atoms with E-state index in [1.165, 1.54) is 5.56 Å². The van der Waals surface area contributed by atoms with Crippen molar-refractivity contribution in [2.45, 2.75) is 64.5 Å². The van der Waals surface area contributed by atoms with E-state index in [0.29, 0.717) is 11.5 Å². The maximum absolute atomic E-state index is 13.1. The minimum absolute atomic E-state index is 0.0295. The zero-order valence-electron chi connectivity index (χ0n) is 16.9. The minimum Gasteiger partial charge on any atom is -0.350 e. The van der Waals surface area contributed by atoms with Crippen LogP contribution in [0.1, 0.15) is 73.6 Å². The van der Waals surface area contributed by atoms with Crippen LogP contribution in [0.15, 0.2) is 42.6 Å². The molecule has 1 aliphatic rings. The summed E-state index contributed by atoms with van der Waals surface area (Å²) in [4.78, 5) is 17.9. The molecule has 1 N–H and O–H groups in total. The first-order valence-corrected chi connectivity index (χ1v) is 10.3. The van der Waals surface area contributed by atoms with Crippen LogP contribution in [0.25, 0.3) is 11.0 Å². The van der Waals surface area contributed by atoms with Crippen molar-refractivity contribution in [1.82, 2.24) is 20.1 Å². The summed E-state index contributed by atoms with van der Waals surface area (Å²) >= 11 is 0. The number of benzene rings is 1. The maximum atomic E-state index is 13.1. The van der Waals surface area contributed by atoms with E-state index in [1.807, 2.05) is 16.8 Å². The van der Waals surface area contributed by atoms with E-state index >= 15 is 0 Å². The molecule has 1 aromatic carbocycles. The number of rotatable bonds is 7. The maximum Gasteiger partial charge on any atom is 0.252 e. The molecule has 1 atom stereocenters. The van der Waals surface area contributed by atoms with Gasteiger partial charge in [0.15, 0.2) is 5.65 Å². The van der Waals surface area contributed by atoms with Gasteiger partial charge < -0.3 is 5.32 Å². The number of aryl methyl sites for hydroxylation is 1. The highest BCUT2D eigenvalue weighted by Gasteiger charge is 2.28. The summed E-state index contributed by atoms with van der Waals surface area (Å²) in [6.07, 6.45) is 5.95. The first-order valence-electron chi connectivity index (χ1n) is 10.3. The number of carbonyl (C=O) groups excluding carboxylic acids is 1. The molecule has 0 spiro atoms. The molecule has 1 aliphatic carbocycles. The van der Waals surface area contributed by atoms with E-state index in [2.05, 4.69) is 55.5 Å². The lowest BCUT2D eigenvalue weighted by molar-refractivity contribution is 0.0940. The van der Waals surface area contributed by atoms with Gasteiger partial charge in [0.1, 0.15) is 0 Å². The molecule has 5 heteroatoms. The predicted octanol–water partition coefficient (Wildman–Crippen LogP) is 4.64. The van der Waals surface area contributed by atoms with Gasteiger partial charge in [-0.25, -0.2) is 9.67 Å². The molecule has 1 fully saturated rings. The van der Waals surface area contributed by atoms with E-state index in [1.54, 1.807) is 6.20 Å². The molecule has 0 bridgehead atoms. The van der Waals surface area contributed by atoms with Crippen LogP contribution in [0.4, 0.5) is 0 Å². The topological polar surface area (TPSA) is 59.8 Å². The monoisotopic (exact) mass is 376 g/mol. The summed E-state index contributed by atoms with van der Waals surface area (Å²) < 4.78 is 1.91. The lowest BCUT2D eigenvalue weighted by Crippen LogP contribution is -2.33. The molecule has 146 valence electrons. The Balaban J connectivity index is 1.54. The number of hydrogen-bond acceptors (Lipinski definition) is 3. The van der Waals surface area contributed by atoms with Crippen molar-refractivity contribution in [2.24, 2.45) is 0 Å². The number of pyridine rings is 1. The van der Waals surface area contributed by atoms with E-state index in [4.69, 9.17) is 4.98 Å². The summed E-state index contributed by atoms with van der Waals surface area (Å²) in [6, 6.07) is 12.7. The molecule has 28 heavy (non-hydrogen) atoms. The number of amides is 1. The Kier molecular flexibility index (Phi) is 5.16. The second-order valence-electron chi connectivity index (χ2n) is 8.19. The molecule has 2 heterocycles. The summed E-state index contributed by atoms with van der Waals surface area (Å²) in [5.74, 6) is 0.458. The van der Waals surface area contributed by atoms with Gasteiger partial charge >= 0.3 is 0 Å². The van der Waals surface area contributed by atoms with Gasteiger partial charge in [-0.15, -0.1) is 0 Å². The Labute approximate surface area is 166 Å². The highest BCUT2D eigenvalue weighted by atomic mass is 16.1. The van der Waals surface area contributed by atoms with Crippen LogP contribution in [0.5, 0.6) is 0 Å². The molecular formula is C23H28N4O. The Hall–Kier alpha value is -2.69. The standard InChI is InChI=1S/C23H28N4O/c1-15(2)27-22-20(14-24-27)19(13-21(26-22)18-11-12-18)23(28)25-16(3)9-10-17-7-5-4-6-8-17/h4-8,13-16,18H,9-12H2,1-3H3,(H,25,28)/t16-/m1/s1. The van der Waals surface area contributed by atoms with E-state index in [9.17, 15) is 4.79 Å². The Morgan fingerprint density at radius 1 is 1.21 bits per heavy atom. The largest absolute Gasteiger partial charge is 0.350 e. The first-order chi connectivity index (χ1) is 13.5. The second kappa shape index (κ2) is 7.74. The van der Waals surface area contributed by atoms with Gasteiger partial charge in [-0.1, -0.05) is 30.3 Å². The normalized spacial score (nSPS) is 15.1. The van der Waals surface area contributed by atoms with Crippen LogP contribution in [0.2, 0.25) is 0 Å². The summed E-state index contributed by atoms with van der Waals surface area (Å²) in [5, 5.41) is 8.51. The number of nitrogens with one attached hydrogen (secondary N) is 1. The van der Waals surface area contributed by atoms with Crippen LogP contribution in [-0.2, 0) is 6.42 Å². The van der Waals surface area contributed by atoms with Gasteiger partial charge in [0.2, 0.25) is 0 Å². The number of hydrogen-bond donors (Lipinski definition) is 1. The molecular weight excluding hydrogens is 348 g/mol. The van der Waals surface area contributed by atoms with E-state index in [0.717, 1.165) is 42.4 Å². The summed E-state index contributed by atoms with van der Waals surface area (Å²) in [7, 11) is 0. The van der Waals surface area contributed by atoms with E-state index in [-0.39, 0.29) is 18.0 Å². The average molecular weight is 377 g/mol. The van der Waals surface area contributed by atoms with Crippen LogP contribution < -0.4 is 5.32 Å². The van der Waals surface area contributed by atoms with Crippen molar-refractivity contribution in [2.75, 3.05) is 0 Å². The molecule has 1 amide bonds. The van der Waals surface area contributed by atoms with Gasteiger partial charge in [0.05, 0.1) is 17.1 Å². The van der Waals surface area contributed by atoms with Crippen LogP contribution >= 0.6 is 0 Å². The number of fused-ring (bicyclic) bond motifs is 1. The third-order valence-electron chi connectivity index (χ3n) is 5.40. The van der Waals surface area contributed by atoms with Crippen LogP contribution in [-0.4, -0.2) is 26.7 Å². The SMILES string of the molecule is CC(C)n1ncc2c(C(=O)N[C@H](C)CCc3ccccc3)cc(C3CC3)nc21. The fourth-order valence-corrected chi connectivity index (χ4v) is 3.59. The van der Waals surface area contributed by atoms with Crippen LogP contribution in [0, 0.1) is 0 Å². The number of nitrogens with zero attached hydrogens (tertiary/aromatic N) is 3. The molecule has 0 radical (unpaired) electrons. The Bertz CT molecular complexity index is 973. The van der Waals surface area contributed by atoms with Crippen molar-refractivity contribution in [3.05, 3.63) is 59.4 Å². The average Bonchev–Trinajstić information content (AvgIpc) is 3.45. The minimum atomic E-state index is -0.0295. The van der Waals surface area contributed by atoms with Crippen molar-refractivity contribution in [3.8, 4) is 0 Å².